The van der Waals surface area contributed by atoms with E-state index in [9.17, 15) is 9.59 Å². The maximum atomic E-state index is 13.9. The van der Waals surface area contributed by atoms with Crippen LogP contribution in [0.4, 0.5) is 0 Å². The number of para-hydroxylation sites is 2. The zero-order chi connectivity index (χ0) is 24.8. The highest BCUT2D eigenvalue weighted by molar-refractivity contribution is 5.97. The number of carbonyl (C=O) groups excluding carboxylic acids is 2. The fraction of sp³-hybridized carbons (Fsp3) is 0.241. The monoisotopic (exact) mass is 481 g/mol. The molecule has 2 aliphatic heterocycles. The number of hydrogen-bond acceptors (Lipinski definition) is 4. The third-order valence-electron chi connectivity index (χ3n) is 7.29. The number of carbonyl (C=O) groups is 2. The van der Waals surface area contributed by atoms with Crippen molar-refractivity contribution >= 4 is 22.7 Å². The van der Waals surface area contributed by atoms with E-state index in [2.05, 4.69) is 11.1 Å². The van der Waals surface area contributed by atoms with Gasteiger partial charge >= 0.3 is 0 Å². The van der Waals surface area contributed by atoms with Gasteiger partial charge in [0.2, 0.25) is 11.8 Å². The third kappa shape index (κ3) is 3.42. The van der Waals surface area contributed by atoms with Crippen LogP contribution in [0.15, 0.2) is 72.8 Å². The summed E-state index contributed by atoms with van der Waals surface area (Å²) in [5, 5.41) is 1.07. The Labute approximate surface area is 209 Å². The lowest BCUT2D eigenvalue weighted by Gasteiger charge is -2.47. The zero-order valence-electron chi connectivity index (χ0n) is 20.2. The second kappa shape index (κ2) is 8.75. The smallest absolute Gasteiger partial charge is 0.246 e. The Hall–Kier alpha value is -4.26. The number of ether oxygens (including phenoxy) is 2. The van der Waals surface area contributed by atoms with Crippen LogP contribution in [-0.2, 0) is 22.6 Å². The number of H-pyrrole nitrogens is 1. The molecule has 1 fully saturated rings. The number of aromatic nitrogens is 1. The molecule has 0 bridgehead atoms. The number of rotatable bonds is 5. The normalized spacial score (nSPS) is 19.3. The molecule has 4 aromatic rings. The fourth-order valence-corrected chi connectivity index (χ4v) is 5.71. The van der Waals surface area contributed by atoms with Crippen molar-refractivity contribution in [1.29, 1.82) is 0 Å². The number of nitrogens with zero attached hydrogens (tertiary/aromatic N) is 2. The molecular formula is C29H27N3O4. The van der Waals surface area contributed by atoms with Crippen LogP contribution in [0.1, 0.15) is 28.4 Å². The molecule has 0 aliphatic carbocycles. The SMILES string of the molecule is COc1cccc([C@H]2c3[nH]c4ccccc4c3C[C@H]3C(=O)N(Cc4ccccc4)CC(=O)N23)c1OC. The van der Waals surface area contributed by atoms with Crippen molar-refractivity contribution in [2.75, 3.05) is 20.8 Å². The van der Waals surface area contributed by atoms with Gasteiger partial charge in [0.25, 0.3) is 0 Å². The first kappa shape index (κ1) is 22.2. The molecular weight excluding hydrogens is 454 g/mol. The maximum absolute atomic E-state index is 13.9. The highest BCUT2D eigenvalue weighted by Crippen LogP contribution is 2.47. The molecule has 1 N–H and O–H groups in total. The van der Waals surface area contributed by atoms with Crippen LogP contribution >= 0.6 is 0 Å². The number of fused-ring (bicyclic) bond motifs is 4. The van der Waals surface area contributed by atoms with Crippen LogP contribution in [0.5, 0.6) is 11.5 Å². The van der Waals surface area contributed by atoms with Crippen molar-refractivity contribution in [3.05, 3.63) is 95.2 Å². The second-order valence-corrected chi connectivity index (χ2v) is 9.25. The lowest BCUT2D eigenvalue weighted by Crippen LogP contribution is -2.62. The summed E-state index contributed by atoms with van der Waals surface area (Å²) in [4.78, 5) is 34.7. The van der Waals surface area contributed by atoms with Crippen LogP contribution in [0, 0.1) is 0 Å². The number of amides is 2. The van der Waals surface area contributed by atoms with E-state index >= 15 is 0 Å². The molecule has 3 heterocycles. The highest BCUT2D eigenvalue weighted by atomic mass is 16.5. The lowest BCUT2D eigenvalue weighted by atomic mass is 9.85. The highest BCUT2D eigenvalue weighted by Gasteiger charge is 2.49. The van der Waals surface area contributed by atoms with Crippen molar-refractivity contribution in [2.45, 2.75) is 25.0 Å². The molecule has 36 heavy (non-hydrogen) atoms. The fourth-order valence-electron chi connectivity index (χ4n) is 5.71. The van der Waals surface area contributed by atoms with E-state index in [1.54, 1.807) is 24.0 Å². The minimum absolute atomic E-state index is 0.0303. The maximum Gasteiger partial charge on any atom is 0.246 e. The van der Waals surface area contributed by atoms with Gasteiger partial charge in [-0.25, -0.2) is 0 Å². The molecule has 0 saturated carbocycles. The number of benzene rings is 3. The van der Waals surface area contributed by atoms with Gasteiger partial charge in [-0.1, -0.05) is 60.7 Å². The molecule has 7 heteroatoms. The van der Waals surface area contributed by atoms with Gasteiger partial charge in [-0.2, -0.15) is 0 Å². The van der Waals surface area contributed by atoms with Crippen molar-refractivity contribution in [1.82, 2.24) is 14.8 Å². The Morgan fingerprint density at radius 3 is 2.47 bits per heavy atom. The topological polar surface area (TPSA) is 74.9 Å². The lowest BCUT2D eigenvalue weighted by molar-refractivity contribution is -0.159. The first-order chi connectivity index (χ1) is 17.6. The minimum atomic E-state index is -0.609. The van der Waals surface area contributed by atoms with Crippen molar-refractivity contribution < 1.29 is 19.1 Å². The van der Waals surface area contributed by atoms with E-state index in [1.807, 2.05) is 66.7 Å². The predicted octanol–water partition coefficient (Wildman–Crippen LogP) is 4.07. The number of nitrogens with one attached hydrogen (secondary N) is 1. The van der Waals surface area contributed by atoms with Crippen LogP contribution < -0.4 is 9.47 Å². The van der Waals surface area contributed by atoms with Gasteiger partial charge in [-0.3, -0.25) is 9.59 Å². The third-order valence-corrected chi connectivity index (χ3v) is 7.29. The summed E-state index contributed by atoms with van der Waals surface area (Å²) in [5.74, 6) is 1.01. The Morgan fingerprint density at radius 2 is 1.69 bits per heavy atom. The molecule has 2 aliphatic rings. The largest absolute Gasteiger partial charge is 0.493 e. The summed E-state index contributed by atoms with van der Waals surface area (Å²) in [6.07, 6.45) is 0.456. The Morgan fingerprint density at radius 1 is 0.917 bits per heavy atom. The average molecular weight is 482 g/mol. The molecule has 182 valence electrons. The van der Waals surface area contributed by atoms with Crippen LogP contribution in [0.2, 0.25) is 0 Å². The molecule has 1 aromatic heterocycles. The Bertz CT molecular complexity index is 1460. The average Bonchev–Trinajstić information content (AvgIpc) is 3.29. The first-order valence-corrected chi connectivity index (χ1v) is 12.0. The van der Waals surface area contributed by atoms with E-state index in [4.69, 9.17) is 9.47 Å². The summed E-state index contributed by atoms with van der Waals surface area (Å²) < 4.78 is 11.3. The summed E-state index contributed by atoms with van der Waals surface area (Å²) >= 11 is 0. The molecule has 0 unspecified atom stereocenters. The van der Waals surface area contributed by atoms with Crippen molar-refractivity contribution in [2.24, 2.45) is 0 Å². The van der Waals surface area contributed by atoms with Gasteiger partial charge in [0.1, 0.15) is 18.6 Å². The summed E-state index contributed by atoms with van der Waals surface area (Å²) in [5.41, 5.74) is 4.74. The molecule has 3 aromatic carbocycles. The van der Waals surface area contributed by atoms with Gasteiger partial charge in [-0.15, -0.1) is 0 Å². The zero-order valence-corrected chi connectivity index (χ0v) is 20.2. The quantitative estimate of drug-likeness (QED) is 0.466. The Balaban J connectivity index is 1.51. The number of piperazine rings is 1. The number of hydrogen-bond donors (Lipinski definition) is 1. The van der Waals surface area contributed by atoms with Gasteiger partial charge in [-0.05, 0) is 23.3 Å². The van der Waals surface area contributed by atoms with Crippen LogP contribution in [0.25, 0.3) is 10.9 Å². The standard InChI is InChI=1S/C29H27N3O4/c1-35-24-14-8-12-20(28(24)36-2)27-26-21(19-11-6-7-13-22(19)30-26)15-23-29(34)31(17-25(33)32(23)27)16-18-9-4-3-5-10-18/h3-14,23,27,30H,15-17H2,1-2H3/t23-,27-/m0/s1. The molecule has 2 amide bonds. The molecule has 1 saturated heterocycles. The van der Waals surface area contributed by atoms with E-state index in [0.29, 0.717) is 24.5 Å². The minimum Gasteiger partial charge on any atom is -0.493 e. The molecule has 7 nitrogen and oxygen atoms in total. The summed E-state index contributed by atoms with van der Waals surface area (Å²) in [7, 11) is 3.19. The van der Waals surface area contributed by atoms with Crippen molar-refractivity contribution in [3.63, 3.8) is 0 Å². The van der Waals surface area contributed by atoms with E-state index in [0.717, 1.165) is 33.3 Å². The molecule has 2 atom stereocenters. The molecule has 0 spiro atoms. The van der Waals surface area contributed by atoms with Gasteiger partial charge in [0, 0.05) is 35.1 Å². The first-order valence-electron chi connectivity index (χ1n) is 12.0. The van der Waals surface area contributed by atoms with Crippen LogP contribution in [-0.4, -0.2) is 53.4 Å². The number of aromatic amines is 1. The molecule has 6 rings (SSSR count). The second-order valence-electron chi connectivity index (χ2n) is 9.25. The van der Waals surface area contributed by atoms with E-state index in [1.165, 1.54) is 0 Å². The summed E-state index contributed by atoms with van der Waals surface area (Å²) in [6, 6.07) is 22.4. The van der Waals surface area contributed by atoms with Gasteiger partial charge < -0.3 is 24.3 Å². The van der Waals surface area contributed by atoms with Crippen molar-refractivity contribution in [3.8, 4) is 11.5 Å². The molecule has 0 radical (unpaired) electrons. The van der Waals surface area contributed by atoms with Gasteiger partial charge in [0.05, 0.1) is 14.2 Å². The summed E-state index contributed by atoms with van der Waals surface area (Å²) in [6.45, 7) is 0.437. The van der Waals surface area contributed by atoms with E-state index in [-0.39, 0.29) is 18.4 Å². The van der Waals surface area contributed by atoms with Gasteiger partial charge in [0.15, 0.2) is 11.5 Å². The van der Waals surface area contributed by atoms with E-state index < -0.39 is 12.1 Å². The number of methoxy groups -OCH3 is 2. The van der Waals surface area contributed by atoms with Crippen LogP contribution in [0.3, 0.4) is 0 Å². The predicted molar refractivity (Wildman–Crippen MR) is 136 cm³/mol. The Kier molecular flexibility index (Phi) is 5.40.